The van der Waals surface area contributed by atoms with Gasteiger partial charge in [0.25, 0.3) is 0 Å². The van der Waals surface area contributed by atoms with Gasteiger partial charge in [0.2, 0.25) is 0 Å². The van der Waals surface area contributed by atoms with E-state index in [9.17, 15) is 0 Å². The summed E-state index contributed by atoms with van der Waals surface area (Å²) in [5, 5.41) is 0. The van der Waals surface area contributed by atoms with E-state index in [0.29, 0.717) is 5.82 Å². The molecule has 0 saturated carbocycles. The number of nitrogens with zero attached hydrogens (tertiary/aromatic N) is 3. The first-order valence-corrected chi connectivity index (χ1v) is 11.9. The van der Waals surface area contributed by atoms with Crippen LogP contribution < -0.4 is 0 Å². The summed E-state index contributed by atoms with van der Waals surface area (Å²) >= 11 is 0. The van der Waals surface area contributed by atoms with Gasteiger partial charge >= 0.3 is 0 Å². The highest BCUT2D eigenvalue weighted by Crippen LogP contribution is 2.33. The first-order chi connectivity index (χ1) is 17.8. The molecule has 2 aromatic heterocycles. The van der Waals surface area contributed by atoms with E-state index in [4.69, 9.17) is 4.98 Å². The van der Waals surface area contributed by atoms with E-state index in [1.807, 2.05) is 48.9 Å². The van der Waals surface area contributed by atoms with Crippen molar-refractivity contribution in [3.05, 3.63) is 140 Å². The van der Waals surface area contributed by atoms with Crippen molar-refractivity contribution in [2.24, 2.45) is 0 Å². The summed E-state index contributed by atoms with van der Waals surface area (Å²) in [6, 6.07) is 42.0. The zero-order chi connectivity index (χ0) is 24.2. The fraction of sp³-hybridized carbons (Fsp3) is 0. The van der Waals surface area contributed by atoms with Gasteiger partial charge in [0, 0.05) is 29.7 Å². The topological polar surface area (TPSA) is 38.7 Å². The van der Waals surface area contributed by atoms with Crippen LogP contribution in [0.5, 0.6) is 0 Å². The van der Waals surface area contributed by atoms with E-state index in [1.54, 1.807) is 0 Å². The van der Waals surface area contributed by atoms with Gasteiger partial charge in [-0.2, -0.15) is 0 Å². The molecule has 36 heavy (non-hydrogen) atoms. The molecule has 6 rings (SSSR count). The second-order valence-corrected chi connectivity index (χ2v) is 8.61. The Hall–Kier alpha value is -4.89. The van der Waals surface area contributed by atoms with E-state index < -0.39 is 0 Å². The smallest absolute Gasteiger partial charge is 0.159 e. The molecule has 0 amide bonds. The highest BCUT2D eigenvalue weighted by atomic mass is 14.9. The quantitative estimate of drug-likeness (QED) is 0.260. The molecule has 2 heterocycles. The van der Waals surface area contributed by atoms with Crippen LogP contribution in [0.2, 0.25) is 0 Å². The first-order valence-electron chi connectivity index (χ1n) is 11.9. The minimum absolute atomic E-state index is 0.708. The molecule has 0 saturated heterocycles. The molecule has 170 valence electrons. The lowest BCUT2D eigenvalue weighted by molar-refractivity contribution is 1.18. The lowest BCUT2D eigenvalue weighted by atomic mass is 9.95. The van der Waals surface area contributed by atoms with E-state index >= 15 is 0 Å². The number of hydrogen-bond donors (Lipinski definition) is 0. The number of benzene rings is 4. The summed E-state index contributed by atoms with van der Waals surface area (Å²) in [5.74, 6) is 0.708. The average Bonchev–Trinajstić information content (AvgIpc) is 2.98. The summed E-state index contributed by atoms with van der Waals surface area (Å²) in [7, 11) is 0. The van der Waals surface area contributed by atoms with E-state index in [-0.39, 0.29) is 0 Å². The molecule has 0 spiro atoms. The van der Waals surface area contributed by atoms with Crippen LogP contribution >= 0.6 is 0 Å². The van der Waals surface area contributed by atoms with Crippen LogP contribution in [0.1, 0.15) is 0 Å². The van der Waals surface area contributed by atoms with Gasteiger partial charge in [-0.15, -0.1) is 0 Å². The Labute approximate surface area is 210 Å². The zero-order valence-electron chi connectivity index (χ0n) is 19.6. The highest BCUT2D eigenvalue weighted by Gasteiger charge is 2.10. The maximum absolute atomic E-state index is 4.96. The SMILES string of the molecule is c1ccc(-c2cc(-c3ccccc3)cc(-c3ccnc(-c4ccc(-c5ccncc5)cc4)n3)c2)cc1. The zero-order valence-corrected chi connectivity index (χ0v) is 19.6. The van der Waals surface area contributed by atoms with Crippen molar-refractivity contribution in [2.75, 3.05) is 0 Å². The molecular formula is C33H23N3. The molecule has 3 heteroatoms. The van der Waals surface area contributed by atoms with Crippen LogP contribution in [-0.2, 0) is 0 Å². The maximum atomic E-state index is 4.96. The predicted molar refractivity (Wildman–Crippen MR) is 147 cm³/mol. The second kappa shape index (κ2) is 9.77. The largest absolute Gasteiger partial charge is 0.265 e. The van der Waals surface area contributed by atoms with Crippen molar-refractivity contribution in [2.45, 2.75) is 0 Å². The minimum Gasteiger partial charge on any atom is -0.265 e. The van der Waals surface area contributed by atoms with Gasteiger partial charge in [-0.3, -0.25) is 4.98 Å². The molecule has 0 N–H and O–H groups in total. The van der Waals surface area contributed by atoms with Crippen molar-refractivity contribution < 1.29 is 0 Å². The third-order valence-electron chi connectivity index (χ3n) is 6.26. The molecule has 0 aliphatic rings. The van der Waals surface area contributed by atoms with Crippen molar-refractivity contribution >= 4 is 0 Å². The maximum Gasteiger partial charge on any atom is 0.159 e. The van der Waals surface area contributed by atoms with Crippen LogP contribution in [0.3, 0.4) is 0 Å². The molecule has 0 radical (unpaired) electrons. The number of aromatic nitrogens is 3. The van der Waals surface area contributed by atoms with Gasteiger partial charge in [0.15, 0.2) is 5.82 Å². The normalized spacial score (nSPS) is 10.8. The van der Waals surface area contributed by atoms with E-state index in [1.165, 1.54) is 11.1 Å². The van der Waals surface area contributed by atoms with Crippen molar-refractivity contribution in [3.8, 4) is 56.0 Å². The molecule has 0 atom stereocenters. The predicted octanol–water partition coefficient (Wildman–Crippen LogP) is 8.21. The molecule has 3 nitrogen and oxygen atoms in total. The number of rotatable bonds is 5. The van der Waals surface area contributed by atoms with Gasteiger partial charge < -0.3 is 0 Å². The van der Waals surface area contributed by atoms with Crippen LogP contribution in [0.15, 0.2) is 140 Å². The Kier molecular flexibility index (Phi) is 5.87. The van der Waals surface area contributed by atoms with Crippen LogP contribution in [0.4, 0.5) is 0 Å². The molecule has 0 aliphatic heterocycles. The second-order valence-electron chi connectivity index (χ2n) is 8.61. The molecular weight excluding hydrogens is 438 g/mol. The van der Waals surface area contributed by atoms with Crippen LogP contribution in [-0.4, -0.2) is 15.0 Å². The fourth-order valence-electron chi connectivity index (χ4n) is 4.38. The van der Waals surface area contributed by atoms with E-state index in [0.717, 1.165) is 39.1 Å². The first kappa shape index (κ1) is 21.6. The van der Waals surface area contributed by atoms with Crippen LogP contribution in [0, 0.1) is 0 Å². The Morgan fingerprint density at radius 2 is 0.861 bits per heavy atom. The monoisotopic (exact) mass is 461 g/mol. The minimum atomic E-state index is 0.708. The standard InChI is InChI=1S/C33H23N3/c1-3-7-24(8-4-1)29-21-30(25-9-5-2-6-10-25)23-31(22-29)32-17-20-35-33(36-32)28-13-11-26(12-14-28)27-15-18-34-19-16-27/h1-23H. The lowest BCUT2D eigenvalue weighted by Gasteiger charge is -2.11. The van der Waals surface area contributed by atoms with Gasteiger partial charge in [0.05, 0.1) is 5.69 Å². The Bertz CT molecular complexity index is 1540. The summed E-state index contributed by atoms with van der Waals surface area (Å²) in [6.45, 7) is 0. The third-order valence-corrected chi connectivity index (χ3v) is 6.26. The van der Waals surface area contributed by atoms with Crippen molar-refractivity contribution in [1.29, 1.82) is 0 Å². The lowest BCUT2D eigenvalue weighted by Crippen LogP contribution is -1.93. The summed E-state index contributed by atoms with van der Waals surface area (Å²) in [4.78, 5) is 13.6. The summed E-state index contributed by atoms with van der Waals surface area (Å²) < 4.78 is 0. The van der Waals surface area contributed by atoms with Gasteiger partial charge in [-0.25, -0.2) is 9.97 Å². The molecule has 0 fully saturated rings. The Morgan fingerprint density at radius 3 is 1.47 bits per heavy atom. The molecule has 0 bridgehead atoms. The summed E-state index contributed by atoms with van der Waals surface area (Å²) in [5.41, 5.74) is 9.90. The number of pyridine rings is 1. The van der Waals surface area contributed by atoms with Crippen LogP contribution in [0.25, 0.3) is 56.0 Å². The number of hydrogen-bond acceptors (Lipinski definition) is 3. The highest BCUT2D eigenvalue weighted by molar-refractivity contribution is 5.80. The average molecular weight is 462 g/mol. The molecule has 4 aromatic carbocycles. The van der Waals surface area contributed by atoms with Gasteiger partial charge in [-0.1, -0.05) is 84.9 Å². The van der Waals surface area contributed by atoms with Gasteiger partial charge in [0.1, 0.15) is 0 Å². The molecule has 6 aromatic rings. The molecule has 0 aliphatic carbocycles. The van der Waals surface area contributed by atoms with Gasteiger partial charge in [-0.05, 0) is 69.8 Å². The van der Waals surface area contributed by atoms with E-state index in [2.05, 4.69) is 101 Å². The third kappa shape index (κ3) is 4.55. The van der Waals surface area contributed by atoms with Crippen molar-refractivity contribution in [3.63, 3.8) is 0 Å². The Morgan fingerprint density at radius 1 is 0.361 bits per heavy atom. The molecule has 0 unspecified atom stereocenters. The van der Waals surface area contributed by atoms with Crippen molar-refractivity contribution in [1.82, 2.24) is 15.0 Å². The Balaban J connectivity index is 1.41. The summed E-state index contributed by atoms with van der Waals surface area (Å²) in [6.07, 6.45) is 5.46. The fourth-order valence-corrected chi connectivity index (χ4v) is 4.38.